The molecule has 3 aromatic rings. The number of hydrogen-bond donors (Lipinski definition) is 0. The van der Waals surface area contributed by atoms with Gasteiger partial charge in [-0.3, -0.25) is 4.79 Å². The molecule has 0 aliphatic carbocycles. The van der Waals surface area contributed by atoms with Crippen LogP contribution in [0.25, 0.3) is 0 Å². The van der Waals surface area contributed by atoms with E-state index in [1.165, 1.54) is 5.56 Å². The van der Waals surface area contributed by atoms with Crippen molar-refractivity contribution in [3.05, 3.63) is 93.5 Å². The minimum absolute atomic E-state index is 0.142. The van der Waals surface area contributed by atoms with Crippen molar-refractivity contribution in [2.24, 2.45) is 0 Å². The van der Waals surface area contributed by atoms with E-state index < -0.39 is 0 Å². The topological polar surface area (TPSA) is 38.8 Å². The molecule has 160 valence electrons. The summed E-state index contributed by atoms with van der Waals surface area (Å²) in [5.74, 6) is 1.57. The predicted octanol–water partition coefficient (Wildman–Crippen LogP) is 5.57. The molecule has 4 rings (SSSR count). The lowest BCUT2D eigenvalue weighted by Gasteiger charge is -2.38. The fourth-order valence-electron chi connectivity index (χ4n) is 4.30. The van der Waals surface area contributed by atoms with Gasteiger partial charge in [-0.2, -0.15) is 0 Å². The number of benzene rings is 3. The van der Waals surface area contributed by atoms with E-state index in [1.54, 1.807) is 14.2 Å². The first kappa shape index (κ1) is 21.4. The van der Waals surface area contributed by atoms with Crippen LogP contribution in [-0.2, 0) is 17.6 Å². The number of nitrogens with zero attached hydrogens (tertiary/aromatic N) is 1. The Morgan fingerprint density at radius 1 is 1.00 bits per heavy atom. The molecule has 3 aromatic carbocycles. The van der Waals surface area contributed by atoms with Gasteiger partial charge in [0.1, 0.15) is 0 Å². The fourth-order valence-corrected chi connectivity index (χ4v) is 4.78. The quantitative estimate of drug-likeness (QED) is 0.463. The summed E-state index contributed by atoms with van der Waals surface area (Å²) in [6.45, 7) is 0.677. The van der Waals surface area contributed by atoms with Crippen molar-refractivity contribution in [1.29, 1.82) is 0 Å². The van der Waals surface area contributed by atoms with Crippen LogP contribution < -0.4 is 9.47 Å². The fraction of sp³-hybridized carbons (Fsp3) is 0.269. The summed E-state index contributed by atoms with van der Waals surface area (Å²) in [6.07, 6.45) is 1.96. The molecule has 1 unspecified atom stereocenters. The maximum absolute atomic E-state index is 13.4. The third kappa shape index (κ3) is 4.47. The molecule has 0 saturated carbocycles. The van der Waals surface area contributed by atoms with Crippen LogP contribution in [0.4, 0.5) is 0 Å². The van der Waals surface area contributed by atoms with Crippen molar-refractivity contribution >= 4 is 21.8 Å². The third-order valence-electron chi connectivity index (χ3n) is 5.88. The summed E-state index contributed by atoms with van der Waals surface area (Å²) in [7, 11) is 3.30. The molecule has 31 heavy (non-hydrogen) atoms. The number of rotatable bonds is 6. The van der Waals surface area contributed by atoms with Crippen LogP contribution in [0.2, 0.25) is 0 Å². The van der Waals surface area contributed by atoms with Crippen LogP contribution in [0.1, 0.15) is 34.7 Å². The van der Waals surface area contributed by atoms with Crippen molar-refractivity contribution in [3.8, 4) is 11.5 Å². The van der Waals surface area contributed by atoms with Gasteiger partial charge in [0.05, 0.1) is 20.3 Å². The first-order valence-corrected chi connectivity index (χ1v) is 11.2. The van der Waals surface area contributed by atoms with E-state index in [1.807, 2.05) is 53.4 Å². The van der Waals surface area contributed by atoms with Gasteiger partial charge < -0.3 is 14.4 Å². The van der Waals surface area contributed by atoms with E-state index in [0.717, 1.165) is 33.3 Å². The van der Waals surface area contributed by atoms with Crippen molar-refractivity contribution in [2.45, 2.75) is 25.3 Å². The molecule has 1 aliphatic heterocycles. The largest absolute Gasteiger partial charge is 0.493 e. The average molecular weight is 480 g/mol. The highest BCUT2D eigenvalue weighted by molar-refractivity contribution is 9.10. The number of carbonyl (C=O) groups is 1. The van der Waals surface area contributed by atoms with E-state index in [2.05, 4.69) is 34.1 Å². The van der Waals surface area contributed by atoms with Crippen LogP contribution in [-0.4, -0.2) is 31.6 Å². The van der Waals surface area contributed by atoms with Crippen LogP contribution in [0.3, 0.4) is 0 Å². The number of aryl methyl sites for hydroxylation is 1. The Labute approximate surface area is 191 Å². The van der Waals surface area contributed by atoms with Crippen molar-refractivity contribution < 1.29 is 14.3 Å². The Balaban J connectivity index is 1.68. The standard InChI is InChI=1S/C26H26BrNO3/c1-30-23-16-20-14-15-28(25(29)13-12-18-8-6-7-11-22(18)27)26(19-9-4-3-5-10-19)21(20)17-24(23)31-2/h3-11,16-17,26H,12-15H2,1-2H3. The maximum atomic E-state index is 13.4. The molecule has 4 nitrogen and oxygen atoms in total. The van der Waals surface area contributed by atoms with Gasteiger partial charge in [0.2, 0.25) is 5.91 Å². The van der Waals surface area contributed by atoms with Gasteiger partial charge in [-0.05, 0) is 53.3 Å². The number of fused-ring (bicyclic) bond motifs is 1. The van der Waals surface area contributed by atoms with Crippen LogP contribution in [0, 0.1) is 0 Å². The summed E-state index contributed by atoms with van der Waals surface area (Å²) in [5, 5.41) is 0. The minimum Gasteiger partial charge on any atom is -0.493 e. The Morgan fingerprint density at radius 3 is 2.39 bits per heavy atom. The van der Waals surface area contributed by atoms with Crippen LogP contribution >= 0.6 is 15.9 Å². The van der Waals surface area contributed by atoms with E-state index in [0.29, 0.717) is 25.1 Å². The molecule has 0 radical (unpaired) electrons. The monoisotopic (exact) mass is 479 g/mol. The van der Waals surface area contributed by atoms with Gasteiger partial charge in [0, 0.05) is 17.4 Å². The number of carbonyl (C=O) groups excluding carboxylic acids is 1. The van der Waals surface area contributed by atoms with E-state index in [9.17, 15) is 4.79 Å². The Hall–Kier alpha value is -2.79. The Kier molecular flexibility index (Phi) is 6.62. The van der Waals surface area contributed by atoms with E-state index in [-0.39, 0.29) is 11.9 Å². The number of halogens is 1. The highest BCUT2D eigenvalue weighted by atomic mass is 79.9. The van der Waals surface area contributed by atoms with Gasteiger partial charge in [0.15, 0.2) is 11.5 Å². The zero-order valence-electron chi connectivity index (χ0n) is 17.8. The van der Waals surface area contributed by atoms with Crippen LogP contribution in [0.15, 0.2) is 71.2 Å². The molecule has 0 aromatic heterocycles. The number of methoxy groups -OCH3 is 2. The minimum atomic E-state index is -0.142. The maximum Gasteiger partial charge on any atom is 0.223 e. The molecule has 1 heterocycles. The molecule has 0 bridgehead atoms. The van der Waals surface area contributed by atoms with Gasteiger partial charge in [-0.1, -0.05) is 64.5 Å². The first-order chi connectivity index (χ1) is 15.1. The van der Waals surface area contributed by atoms with Crippen molar-refractivity contribution in [1.82, 2.24) is 4.90 Å². The SMILES string of the molecule is COc1cc2c(cc1OC)C(c1ccccc1)N(C(=O)CCc1ccccc1Br)CC2. The zero-order chi connectivity index (χ0) is 21.8. The van der Waals surface area contributed by atoms with E-state index >= 15 is 0 Å². The lowest BCUT2D eigenvalue weighted by atomic mass is 9.87. The molecule has 0 N–H and O–H groups in total. The van der Waals surface area contributed by atoms with Gasteiger partial charge in [-0.25, -0.2) is 0 Å². The zero-order valence-corrected chi connectivity index (χ0v) is 19.4. The second kappa shape index (κ2) is 9.56. The average Bonchev–Trinajstić information content (AvgIpc) is 2.82. The summed E-state index contributed by atoms with van der Waals surface area (Å²) >= 11 is 3.59. The number of ether oxygens (including phenoxy) is 2. The molecule has 1 atom stereocenters. The smallest absolute Gasteiger partial charge is 0.223 e. The first-order valence-electron chi connectivity index (χ1n) is 10.4. The highest BCUT2D eigenvalue weighted by Gasteiger charge is 2.33. The van der Waals surface area contributed by atoms with E-state index in [4.69, 9.17) is 9.47 Å². The van der Waals surface area contributed by atoms with Crippen molar-refractivity contribution in [3.63, 3.8) is 0 Å². The molecule has 5 heteroatoms. The molecule has 0 spiro atoms. The molecule has 1 aliphatic rings. The van der Waals surface area contributed by atoms with Gasteiger partial charge >= 0.3 is 0 Å². The summed E-state index contributed by atoms with van der Waals surface area (Å²) in [4.78, 5) is 15.4. The Bertz CT molecular complexity index is 1070. The lowest BCUT2D eigenvalue weighted by molar-refractivity contribution is -0.133. The van der Waals surface area contributed by atoms with Crippen LogP contribution in [0.5, 0.6) is 11.5 Å². The summed E-state index contributed by atoms with van der Waals surface area (Å²) < 4.78 is 12.1. The normalized spacial score (nSPS) is 15.3. The molecular formula is C26H26BrNO3. The van der Waals surface area contributed by atoms with Gasteiger partial charge in [-0.15, -0.1) is 0 Å². The number of amides is 1. The second-order valence-corrected chi connectivity index (χ2v) is 8.50. The number of hydrogen-bond acceptors (Lipinski definition) is 3. The molecular weight excluding hydrogens is 454 g/mol. The van der Waals surface area contributed by atoms with Gasteiger partial charge in [0.25, 0.3) is 0 Å². The summed E-state index contributed by atoms with van der Waals surface area (Å²) in [6, 6.07) is 22.2. The van der Waals surface area contributed by atoms with Crippen molar-refractivity contribution in [2.75, 3.05) is 20.8 Å². The molecule has 1 amide bonds. The predicted molar refractivity (Wildman–Crippen MR) is 126 cm³/mol. The molecule has 0 fully saturated rings. The summed E-state index contributed by atoms with van der Waals surface area (Å²) in [5.41, 5.74) is 4.55. The second-order valence-electron chi connectivity index (χ2n) is 7.65. The Morgan fingerprint density at radius 2 is 1.68 bits per heavy atom. The third-order valence-corrected chi connectivity index (χ3v) is 6.65. The lowest BCUT2D eigenvalue weighted by Crippen LogP contribution is -2.40. The highest BCUT2D eigenvalue weighted by Crippen LogP contribution is 2.41. The molecule has 0 saturated heterocycles.